The van der Waals surface area contributed by atoms with E-state index in [9.17, 15) is 4.79 Å². The van der Waals surface area contributed by atoms with Gasteiger partial charge >= 0.3 is 5.97 Å². The fraction of sp³-hybridized carbons (Fsp3) is 0.200. The van der Waals surface area contributed by atoms with Gasteiger partial charge in [-0.3, -0.25) is 9.36 Å². The van der Waals surface area contributed by atoms with Gasteiger partial charge in [0.1, 0.15) is 5.75 Å². The van der Waals surface area contributed by atoms with Crippen LogP contribution in [0.1, 0.15) is 23.9 Å². The Morgan fingerprint density at radius 1 is 1.27 bits per heavy atom. The zero-order valence-corrected chi connectivity index (χ0v) is 15.2. The lowest BCUT2D eigenvalue weighted by Crippen LogP contribution is -2.22. The van der Waals surface area contributed by atoms with E-state index in [1.54, 1.807) is 12.1 Å². The summed E-state index contributed by atoms with van der Waals surface area (Å²) in [6.07, 6.45) is 1.51. The van der Waals surface area contributed by atoms with Crippen molar-refractivity contribution in [3.63, 3.8) is 0 Å². The first-order valence-corrected chi connectivity index (χ1v) is 8.62. The second-order valence-electron chi connectivity index (χ2n) is 6.22. The zero-order chi connectivity index (χ0) is 18.3. The average molecular weight is 369 g/mol. The van der Waals surface area contributed by atoms with Crippen molar-refractivity contribution in [3.8, 4) is 22.7 Å². The summed E-state index contributed by atoms with van der Waals surface area (Å²) < 4.78 is 12.8. The minimum atomic E-state index is -0.518. The van der Waals surface area contributed by atoms with Gasteiger partial charge in [-0.2, -0.15) is 0 Å². The van der Waals surface area contributed by atoms with Gasteiger partial charge < -0.3 is 9.47 Å². The molecule has 0 saturated carbocycles. The lowest BCUT2D eigenvalue weighted by Gasteiger charge is -2.26. The number of rotatable bonds is 3. The molecule has 2 heterocycles. The maximum absolute atomic E-state index is 11.8. The molecule has 1 atom stereocenters. The summed E-state index contributed by atoms with van der Waals surface area (Å²) in [5.41, 5.74) is 3.80. The van der Waals surface area contributed by atoms with E-state index in [1.165, 1.54) is 12.7 Å². The smallest absolute Gasteiger partial charge is 0.309 e. The van der Waals surface area contributed by atoms with E-state index in [0.717, 1.165) is 16.9 Å². The molecule has 0 spiro atoms. The molecule has 1 aliphatic rings. The van der Waals surface area contributed by atoms with Crippen LogP contribution >= 0.6 is 11.6 Å². The Labute approximate surface area is 156 Å². The Morgan fingerprint density at radius 2 is 2.04 bits per heavy atom. The number of ether oxygens (including phenoxy) is 2. The molecule has 0 fully saturated rings. The molecule has 3 aromatic rings. The minimum Gasteiger partial charge on any atom is -0.480 e. The Hall–Kier alpha value is -2.79. The third kappa shape index (κ3) is 2.95. The number of halogens is 1. The zero-order valence-electron chi connectivity index (χ0n) is 14.4. The Bertz CT molecular complexity index is 979. The van der Waals surface area contributed by atoms with Crippen LogP contribution in [0, 0.1) is 6.92 Å². The number of carbonyl (C=O) groups is 1. The molecule has 132 valence electrons. The van der Waals surface area contributed by atoms with Crippen LogP contribution in [-0.2, 0) is 9.53 Å². The number of imidazole rings is 1. The number of esters is 1. The van der Waals surface area contributed by atoms with Crippen molar-refractivity contribution in [1.82, 2.24) is 9.55 Å². The highest BCUT2D eigenvalue weighted by molar-refractivity contribution is 6.30. The van der Waals surface area contributed by atoms with Gasteiger partial charge in [-0.15, -0.1) is 0 Å². The fourth-order valence-electron chi connectivity index (χ4n) is 3.03. The highest BCUT2D eigenvalue weighted by Gasteiger charge is 2.31. The molecule has 0 bridgehead atoms. The van der Waals surface area contributed by atoms with Crippen molar-refractivity contribution in [2.45, 2.75) is 19.4 Å². The van der Waals surface area contributed by atoms with Crippen molar-refractivity contribution in [3.05, 3.63) is 65.1 Å². The molecule has 1 aromatic heterocycles. The quantitative estimate of drug-likeness (QED) is 0.639. The normalized spacial score (nSPS) is 15.0. The van der Waals surface area contributed by atoms with Crippen molar-refractivity contribution in [1.29, 1.82) is 0 Å². The molecule has 0 unspecified atom stereocenters. The summed E-state index contributed by atoms with van der Waals surface area (Å²) in [7, 11) is 1.36. The third-order valence-corrected chi connectivity index (χ3v) is 4.63. The standard InChI is InChI=1S/C20H17ClN2O3/c1-12-3-5-13(6-4-12)15-11-23-16-9-14(21)7-8-17(16)26-18(20(23)22-15)10-19(24)25-2/h3-9,11,18H,10H2,1-2H3/t18-/m1/s1. The predicted molar refractivity (Wildman–Crippen MR) is 98.7 cm³/mol. The molecule has 0 aliphatic carbocycles. The molecule has 0 N–H and O–H groups in total. The van der Waals surface area contributed by atoms with Gasteiger partial charge in [0.15, 0.2) is 11.9 Å². The van der Waals surface area contributed by atoms with Gasteiger partial charge in [-0.25, -0.2) is 4.98 Å². The van der Waals surface area contributed by atoms with Gasteiger partial charge in [-0.1, -0.05) is 41.4 Å². The minimum absolute atomic E-state index is 0.0862. The summed E-state index contributed by atoms with van der Waals surface area (Å²) in [6, 6.07) is 13.5. The van der Waals surface area contributed by atoms with Crippen LogP contribution in [0.15, 0.2) is 48.7 Å². The van der Waals surface area contributed by atoms with E-state index in [2.05, 4.69) is 0 Å². The van der Waals surface area contributed by atoms with Gasteiger partial charge in [-0.05, 0) is 25.1 Å². The van der Waals surface area contributed by atoms with Crippen LogP contribution < -0.4 is 4.74 Å². The molecule has 26 heavy (non-hydrogen) atoms. The molecular weight excluding hydrogens is 352 g/mol. The van der Waals surface area contributed by atoms with E-state index in [4.69, 9.17) is 26.1 Å². The number of hydrogen-bond acceptors (Lipinski definition) is 4. The van der Waals surface area contributed by atoms with E-state index < -0.39 is 6.10 Å². The summed E-state index contributed by atoms with van der Waals surface area (Å²) in [5, 5.41) is 0.607. The monoisotopic (exact) mass is 368 g/mol. The highest BCUT2D eigenvalue weighted by Crippen LogP contribution is 2.39. The van der Waals surface area contributed by atoms with Gasteiger partial charge in [0.2, 0.25) is 0 Å². The number of aryl methyl sites for hydroxylation is 1. The Balaban J connectivity index is 1.83. The topological polar surface area (TPSA) is 53.4 Å². The number of fused-ring (bicyclic) bond motifs is 3. The van der Waals surface area contributed by atoms with Crippen molar-refractivity contribution < 1.29 is 14.3 Å². The summed E-state index contributed by atoms with van der Waals surface area (Å²) in [4.78, 5) is 16.5. The van der Waals surface area contributed by atoms with Crippen molar-refractivity contribution in [2.24, 2.45) is 0 Å². The Kier molecular flexibility index (Phi) is 4.17. The van der Waals surface area contributed by atoms with Crippen LogP contribution in [0.3, 0.4) is 0 Å². The maximum Gasteiger partial charge on any atom is 0.309 e. The number of benzene rings is 2. The largest absolute Gasteiger partial charge is 0.480 e. The molecule has 5 nitrogen and oxygen atoms in total. The molecule has 2 aromatic carbocycles. The number of aromatic nitrogens is 2. The molecule has 6 heteroatoms. The van der Waals surface area contributed by atoms with Crippen LogP contribution in [0.4, 0.5) is 0 Å². The first-order chi connectivity index (χ1) is 12.5. The first-order valence-electron chi connectivity index (χ1n) is 8.25. The molecule has 0 saturated heterocycles. The molecule has 0 radical (unpaired) electrons. The number of carbonyl (C=O) groups excluding carboxylic acids is 1. The summed E-state index contributed by atoms with van der Waals surface area (Å²) in [6.45, 7) is 2.04. The van der Waals surface area contributed by atoms with E-state index in [-0.39, 0.29) is 12.4 Å². The highest BCUT2D eigenvalue weighted by atomic mass is 35.5. The van der Waals surface area contributed by atoms with Gasteiger partial charge in [0, 0.05) is 16.8 Å². The second kappa shape index (κ2) is 6.50. The molecule has 1 aliphatic heterocycles. The van der Waals surface area contributed by atoms with Crippen molar-refractivity contribution in [2.75, 3.05) is 7.11 Å². The number of nitrogens with zero attached hydrogens (tertiary/aromatic N) is 2. The lowest BCUT2D eigenvalue weighted by molar-refractivity contribution is -0.142. The first kappa shape index (κ1) is 16.7. The van der Waals surface area contributed by atoms with Crippen molar-refractivity contribution >= 4 is 17.6 Å². The maximum atomic E-state index is 11.8. The molecule has 0 amide bonds. The van der Waals surface area contributed by atoms with E-state index >= 15 is 0 Å². The fourth-order valence-corrected chi connectivity index (χ4v) is 3.20. The van der Waals surface area contributed by atoms with E-state index in [0.29, 0.717) is 16.6 Å². The second-order valence-corrected chi connectivity index (χ2v) is 6.66. The molecular formula is C20H17ClN2O3. The third-order valence-electron chi connectivity index (χ3n) is 4.40. The number of hydrogen-bond donors (Lipinski definition) is 0. The predicted octanol–water partition coefficient (Wildman–Crippen LogP) is 4.50. The SMILES string of the molecule is COC(=O)C[C@H]1Oc2ccc(Cl)cc2-n2cc(-c3ccc(C)cc3)nc21. The molecule has 4 rings (SSSR count). The van der Waals surface area contributed by atoms with Crippen LogP contribution in [0.25, 0.3) is 16.9 Å². The number of methoxy groups -OCH3 is 1. The summed E-state index contributed by atoms with van der Waals surface area (Å²) >= 11 is 6.16. The average Bonchev–Trinajstić information content (AvgIpc) is 3.08. The van der Waals surface area contributed by atoms with E-state index in [1.807, 2.05) is 48.0 Å². The lowest BCUT2D eigenvalue weighted by atomic mass is 10.1. The van der Waals surface area contributed by atoms with Gasteiger partial charge in [0.25, 0.3) is 0 Å². The van der Waals surface area contributed by atoms with Crippen LogP contribution in [0.2, 0.25) is 5.02 Å². The summed E-state index contributed by atoms with van der Waals surface area (Å²) in [5.74, 6) is 0.961. The van der Waals surface area contributed by atoms with Crippen LogP contribution in [-0.4, -0.2) is 22.6 Å². The van der Waals surface area contributed by atoms with Gasteiger partial charge in [0.05, 0.1) is 24.9 Å². The van der Waals surface area contributed by atoms with Crippen LogP contribution in [0.5, 0.6) is 5.75 Å². The Morgan fingerprint density at radius 3 is 2.77 bits per heavy atom.